The molecule has 1 aliphatic rings. The minimum atomic E-state index is -3.00. The molecular formula is C8H18N2O2S. The molecule has 1 aliphatic carbocycles. The number of sulfonamides is 1. The molecule has 4 nitrogen and oxygen atoms in total. The van der Waals surface area contributed by atoms with Crippen LogP contribution in [-0.2, 0) is 10.0 Å². The first kappa shape index (κ1) is 10.9. The van der Waals surface area contributed by atoms with Crippen molar-refractivity contribution in [1.29, 1.82) is 0 Å². The Morgan fingerprint density at radius 3 is 2.46 bits per heavy atom. The van der Waals surface area contributed by atoms with Crippen LogP contribution >= 0.6 is 0 Å². The van der Waals surface area contributed by atoms with Crippen molar-refractivity contribution < 1.29 is 8.42 Å². The quantitative estimate of drug-likeness (QED) is 0.605. The monoisotopic (exact) mass is 206 g/mol. The van der Waals surface area contributed by atoms with Crippen LogP contribution in [-0.4, -0.2) is 33.3 Å². The fourth-order valence-corrected chi connectivity index (χ4v) is 1.81. The van der Waals surface area contributed by atoms with Gasteiger partial charge in [0.2, 0.25) is 10.0 Å². The molecule has 0 saturated heterocycles. The molecule has 0 atom stereocenters. The number of hydrogen-bond acceptors (Lipinski definition) is 3. The van der Waals surface area contributed by atoms with Crippen LogP contribution in [0.15, 0.2) is 0 Å². The molecule has 0 radical (unpaired) electrons. The highest BCUT2D eigenvalue weighted by Gasteiger charge is 2.15. The third-order valence-corrected chi connectivity index (χ3v) is 3.77. The van der Waals surface area contributed by atoms with Gasteiger partial charge in [0.15, 0.2) is 0 Å². The van der Waals surface area contributed by atoms with E-state index in [-0.39, 0.29) is 5.75 Å². The molecular weight excluding hydrogens is 188 g/mol. The average molecular weight is 206 g/mol. The van der Waals surface area contributed by atoms with E-state index in [2.05, 4.69) is 10.0 Å². The molecule has 0 amide bonds. The first-order chi connectivity index (χ1) is 6.14. The third kappa shape index (κ3) is 4.06. The van der Waals surface area contributed by atoms with Crippen molar-refractivity contribution in [2.45, 2.75) is 32.2 Å². The second kappa shape index (κ2) is 4.93. The third-order valence-electron chi connectivity index (χ3n) is 2.37. The Hall–Kier alpha value is -0.130. The van der Waals surface area contributed by atoms with E-state index in [4.69, 9.17) is 0 Å². The van der Waals surface area contributed by atoms with Crippen molar-refractivity contribution in [3.63, 3.8) is 0 Å². The van der Waals surface area contributed by atoms with Gasteiger partial charge in [-0.2, -0.15) is 0 Å². The number of hydrogen-bond donors (Lipinski definition) is 2. The van der Waals surface area contributed by atoms with Crippen molar-refractivity contribution >= 4 is 10.0 Å². The molecule has 0 aliphatic heterocycles. The van der Waals surface area contributed by atoms with Gasteiger partial charge in [-0.3, -0.25) is 0 Å². The van der Waals surface area contributed by atoms with Gasteiger partial charge in [0.25, 0.3) is 0 Å². The van der Waals surface area contributed by atoms with Gasteiger partial charge in [-0.15, -0.1) is 0 Å². The summed E-state index contributed by atoms with van der Waals surface area (Å²) in [4.78, 5) is 0. The SMILES string of the molecule is CCS(=O)(=O)NCCNC1CCC1. The molecule has 5 heteroatoms. The van der Waals surface area contributed by atoms with Gasteiger partial charge in [-0.05, 0) is 19.8 Å². The Labute approximate surface area is 80.1 Å². The number of rotatable bonds is 6. The van der Waals surface area contributed by atoms with Gasteiger partial charge in [-0.25, -0.2) is 13.1 Å². The molecule has 2 N–H and O–H groups in total. The summed E-state index contributed by atoms with van der Waals surface area (Å²) in [6.45, 7) is 2.89. The molecule has 0 spiro atoms. The summed E-state index contributed by atoms with van der Waals surface area (Å²) >= 11 is 0. The van der Waals surface area contributed by atoms with Crippen molar-refractivity contribution in [2.24, 2.45) is 0 Å². The van der Waals surface area contributed by atoms with E-state index in [1.165, 1.54) is 19.3 Å². The lowest BCUT2D eigenvalue weighted by atomic mass is 9.93. The molecule has 1 saturated carbocycles. The zero-order valence-corrected chi connectivity index (χ0v) is 8.86. The van der Waals surface area contributed by atoms with Crippen LogP contribution < -0.4 is 10.0 Å². The molecule has 1 rings (SSSR count). The Bertz CT molecular complexity index is 235. The van der Waals surface area contributed by atoms with Crippen molar-refractivity contribution in [2.75, 3.05) is 18.8 Å². The van der Waals surface area contributed by atoms with Gasteiger partial charge < -0.3 is 5.32 Å². The first-order valence-electron chi connectivity index (χ1n) is 4.85. The predicted octanol–water partition coefficient (Wildman–Crippen LogP) is 0.0678. The van der Waals surface area contributed by atoms with Gasteiger partial charge in [0.1, 0.15) is 0 Å². The van der Waals surface area contributed by atoms with E-state index < -0.39 is 10.0 Å². The van der Waals surface area contributed by atoms with Gasteiger partial charge in [0, 0.05) is 19.1 Å². The Kier molecular flexibility index (Phi) is 4.15. The Morgan fingerprint density at radius 2 is 2.00 bits per heavy atom. The zero-order chi connectivity index (χ0) is 9.73. The maximum Gasteiger partial charge on any atom is 0.211 e. The predicted molar refractivity (Wildman–Crippen MR) is 53.1 cm³/mol. The van der Waals surface area contributed by atoms with Crippen LogP contribution in [0.3, 0.4) is 0 Å². The lowest BCUT2D eigenvalue weighted by molar-refractivity contribution is 0.342. The maximum absolute atomic E-state index is 11.0. The highest BCUT2D eigenvalue weighted by Crippen LogP contribution is 2.17. The highest BCUT2D eigenvalue weighted by atomic mass is 32.2. The largest absolute Gasteiger partial charge is 0.313 e. The maximum atomic E-state index is 11.0. The van der Waals surface area contributed by atoms with Crippen LogP contribution in [0.25, 0.3) is 0 Å². The summed E-state index contributed by atoms with van der Waals surface area (Å²) in [6, 6.07) is 0.631. The van der Waals surface area contributed by atoms with E-state index >= 15 is 0 Å². The molecule has 0 bridgehead atoms. The van der Waals surface area contributed by atoms with E-state index in [0.717, 1.165) is 6.54 Å². The van der Waals surface area contributed by atoms with Gasteiger partial charge in [-0.1, -0.05) is 6.42 Å². The van der Waals surface area contributed by atoms with Crippen LogP contribution in [0.2, 0.25) is 0 Å². The van der Waals surface area contributed by atoms with E-state index in [0.29, 0.717) is 12.6 Å². The summed E-state index contributed by atoms with van der Waals surface area (Å²) in [5.41, 5.74) is 0. The Balaban J connectivity index is 2.00. The molecule has 0 aromatic carbocycles. The molecule has 0 aromatic rings. The summed E-state index contributed by atoms with van der Waals surface area (Å²) in [5, 5.41) is 3.29. The lowest BCUT2D eigenvalue weighted by Gasteiger charge is -2.26. The fourth-order valence-electron chi connectivity index (χ4n) is 1.20. The second-order valence-electron chi connectivity index (χ2n) is 3.38. The molecule has 78 valence electrons. The molecule has 0 aromatic heterocycles. The minimum absolute atomic E-state index is 0.163. The smallest absolute Gasteiger partial charge is 0.211 e. The van der Waals surface area contributed by atoms with E-state index in [9.17, 15) is 8.42 Å². The standard InChI is InChI=1S/C8H18N2O2S/c1-2-13(11,12)10-7-6-9-8-4-3-5-8/h8-10H,2-7H2,1H3. The summed E-state index contributed by atoms with van der Waals surface area (Å²) in [5.74, 6) is 0.163. The van der Waals surface area contributed by atoms with Crippen LogP contribution in [0.4, 0.5) is 0 Å². The highest BCUT2D eigenvalue weighted by molar-refractivity contribution is 7.89. The molecule has 0 heterocycles. The van der Waals surface area contributed by atoms with Crippen LogP contribution in [0, 0.1) is 0 Å². The summed E-state index contributed by atoms with van der Waals surface area (Å²) < 4.78 is 24.5. The Morgan fingerprint density at radius 1 is 1.31 bits per heavy atom. The summed E-state index contributed by atoms with van der Waals surface area (Å²) in [7, 11) is -3.00. The number of nitrogens with one attached hydrogen (secondary N) is 2. The normalized spacial score (nSPS) is 18.5. The minimum Gasteiger partial charge on any atom is -0.313 e. The lowest BCUT2D eigenvalue weighted by Crippen LogP contribution is -2.40. The van der Waals surface area contributed by atoms with E-state index in [1.54, 1.807) is 6.92 Å². The first-order valence-corrected chi connectivity index (χ1v) is 6.50. The van der Waals surface area contributed by atoms with Crippen molar-refractivity contribution in [3.8, 4) is 0 Å². The second-order valence-corrected chi connectivity index (χ2v) is 5.48. The van der Waals surface area contributed by atoms with Gasteiger partial charge in [0.05, 0.1) is 5.75 Å². The van der Waals surface area contributed by atoms with Crippen LogP contribution in [0.5, 0.6) is 0 Å². The molecule has 0 unspecified atom stereocenters. The van der Waals surface area contributed by atoms with Crippen LogP contribution in [0.1, 0.15) is 26.2 Å². The molecule has 1 fully saturated rings. The zero-order valence-electron chi connectivity index (χ0n) is 8.04. The molecule has 13 heavy (non-hydrogen) atoms. The van der Waals surface area contributed by atoms with Crippen molar-refractivity contribution in [1.82, 2.24) is 10.0 Å². The topological polar surface area (TPSA) is 58.2 Å². The van der Waals surface area contributed by atoms with Crippen molar-refractivity contribution in [3.05, 3.63) is 0 Å². The average Bonchev–Trinajstić information content (AvgIpc) is 2.01. The van der Waals surface area contributed by atoms with Gasteiger partial charge >= 0.3 is 0 Å². The summed E-state index contributed by atoms with van der Waals surface area (Å²) in [6.07, 6.45) is 3.78. The fraction of sp³-hybridized carbons (Fsp3) is 1.00. The van der Waals surface area contributed by atoms with E-state index in [1.807, 2.05) is 0 Å².